The number of hydrogen-bond acceptors (Lipinski definition) is 3. The molecule has 0 spiro atoms. The molecule has 2 heterocycles. The Kier molecular flexibility index (Phi) is 4.30. The van der Waals surface area contributed by atoms with Crippen LogP contribution in [0.25, 0.3) is 11.4 Å². The van der Waals surface area contributed by atoms with Crippen LogP contribution in [0.3, 0.4) is 0 Å². The van der Waals surface area contributed by atoms with Crippen LogP contribution in [-0.2, 0) is 0 Å². The van der Waals surface area contributed by atoms with Gasteiger partial charge in [0.1, 0.15) is 0 Å². The van der Waals surface area contributed by atoms with Gasteiger partial charge in [0.25, 0.3) is 5.91 Å². The molecule has 1 amide bonds. The van der Waals surface area contributed by atoms with Crippen molar-refractivity contribution < 1.29 is 4.79 Å². The highest BCUT2D eigenvalue weighted by Crippen LogP contribution is 2.22. The van der Waals surface area contributed by atoms with Gasteiger partial charge in [0.15, 0.2) is 0 Å². The van der Waals surface area contributed by atoms with Gasteiger partial charge in [0.05, 0.1) is 34.5 Å². The molecule has 0 aliphatic carbocycles. The largest absolute Gasteiger partial charge is 0.320 e. The van der Waals surface area contributed by atoms with Gasteiger partial charge in [-0.05, 0) is 44.2 Å². The fourth-order valence-corrected chi connectivity index (χ4v) is 2.99. The average Bonchev–Trinajstić information content (AvgIpc) is 3.30. The fourth-order valence-electron chi connectivity index (χ4n) is 2.99. The van der Waals surface area contributed by atoms with E-state index in [0.29, 0.717) is 11.3 Å². The Morgan fingerprint density at radius 2 is 1.74 bits per heavy atom. The summed E-state index contributed by atoms with van der Waals surface area (Å²) in [5, 5.41) is 11.8. The molecule has 4 aromatic rings. The summed E-state index contributed by atoms with van der Waals surface area (Å²) in [4.78, 5) is 12.7. The minimum atomic E-state index is -0.217. The molecule has 4 rings (SSSR count). The number of nitrogens with zero attached hydrogens (tertiary/aromatic N) is 4. The second kappa shape index (κ2) is 6.92. The number of nitrogens with one attached hydrogen (secondary N) is 1. The number of carbonyl (C=O) groups is 1. The zero-order chi connectivity index (χ0) is 18.8. The molecule has 0 unspecified atom stereocenters. The van der Waals surface area contributed by atoms with Crippen LogP contribution >= 0.6 is 0 Å². The molecule has 0 saturated heterocycles. The number of benzene rings is 2. The van der Waals surface area contributed by atoms with Crippen LogP contribution in [0, 0.1) is 13.8 Å². The number of amides is 1. The van der Waals surface area contributed by atoms with Crippen molar-refractivity contribution >= 4 is 11.6 Å². The first-order chi connectivity index (χ1) is 13.1. The first kappa shape index (κ1) is 16.8. The molecular weight excluding hydrogens is 338 g/mol. The molecule has 0 fully saturated rings. The molecule has 0 bridgehead atoms. The highest BCUT2D eigenvalue weighted by Gasteiger charge is 2.14. The Bertz CT molecular complexity index is 1090. The Morgan fingerprint density at radius 1 is 1.00 bits per heavy atom. The van der Waals surface area contributed by atoms with E-state index in [2.05, 4.69) is 15.5 Å². The molecule has 0 saturated carbocycles. The van der Waals surface area contributed by atoms with Crippen LogP contribution in [0.1, 0.15) is 21.7 Å². The molecule has 0 radical (unpaired) electrons. The van der Waals surface area contributed by atoms with Crippen molar-refractivity contribution in [2.75, 3.05) is 5.32 Å². The number of anilines is 1. The first-order valence-electron chi connectivity index (χ1n) is 8.66. The third-order valence-electron chi connectivity index (χ3n) is 4.26. The summed E-state index contributed by atoms with van der Waals surface area (Å²) in [5.74, 6) is -0.217. The second-order valence-electron chi connectivity index (χ2n) is 6.32. The van der Waals surface area contributed by atoms with Gasteiger partial charge >= 0.3 is 0 Å². The predicted octanol–water partition coefficient (Wildman–Crippen LogP) is 3.93. The van der Waals surface area contributed by atoms with E-state index in [9.17, 15) is 4.79 Å². The third kappa shape index (κ3) is 3.37. The van der Waals surface area contributed by atoms with Crippen LogP contribution < -0.4 is 5.32 Å². The third-order valence-corrected chi connectivity index (χ3v) is 4.26. The lowest BCUT2D eigenvalue weighted by molar-refractivity contribution is 0.102. The molecule has 2 aromatic heterocycles. The summed E-state index contributed by atoms with van der Waals surface area (Å²) in [6.07, 6.45) is 3.28. The van der Waals surface area contributed by atoms with Crippen molar-refractivity contribution in [1.82, 2.24) is 19.6 Å². The van der Waals surface area contributed by atoms with Crippen molar-refractivity contribution in [3.8, 4) is 11.4 Å². The van der Waals surface area contributed by atoms with E-state index < -0.39 is 0 Å². The molecular formula is C21H19N5O. The van der Waals surface area contributed by atoms with Gasteiger partial charge in [0, 0.05) is 11.9 Å². The Balaban J connectivity index is 1.61. The van der Waals surface area contributed by atoms with Crippen LogP contribution in [0.15, 0.2) is 73.1 Å². The molecule has 0 atom stereocenters. The monoisotopic (exact) mass is 357 g/mol. The van der Waals surface area contributed by atoms with Crippen LogP contribution in [0.2, 0.25) is 0 Å². The van der Waals surface area contributed by atoms with E-state index in [4.69, 9.17) is 0 Å². The highest BCUT2D eigenvalue weighted by molar-refractivity contribution is 6.05. The van der Waals surface area contributed by atoms with Crippen LogP contribution in [0.5, 0.6) is 0 Å². The van der Waals surface area contributed by atoms with Gasteiger partial charge in [0.2, 0.25) is 0 Å². The predicted molar refractivity (Wildman–Crippen MR) is 105 cm³/mol. The van der Waals surface area contributed by atoms with Gasteiger partial charge in [-0.25, -0.2) is 9.36 Å². The van der Waals surface area contributed by atoms with Crippen LogP contribution in [-0.4, -0.2) is 25.5 Å². The van der Waals surface area contributed by atoms with Crippen molar-refractivity contribution in [2.45, 2.75) is 13.8 Å². The summed E-state index contributed by atoms with van der Waals surface area (Å²) in [7, 11) is 0. The molecule has 0 aliphatic heterocycles. The lowest BCUT2D eigenvalue weighted by Crippen LogP contribution is -2.14. The zero-order valence-corrected chi connectivity index (χ0v) is 15.1. The number of rotatable bonds is 4. The van der Waals surface area contributed by atoms with Gasteiger partial charge in [-0.2, -0.15) is 10.2 Å². The SMILES string of the molecule is Cc1cc(C)n(-c2ccccc2NC(=O)c2cnn(-c3ccccc3)c2)n1. The summed E-state index contributed by atoms with van der Waals surface area (Å²) in [5.41, 5.74) is 4.85. The van der Waals surface area contributed by atoms with Crippen molar-refractivity contribution in [1.29, 1.82) is 0 Å². The maximum Gasteiger partial charge on any atom is 0.258 e. The summed E-state index contributed by atoms with van der Waals surface area (Å²) < 4.78 is 3.51. The van der Waals surface area contributed by atoms with E-state index in [0.717, 1.165) is 22.8 Å². The standard InChI is InChI=1S/C21H19N5O/c1-15-12-16(2)26(24-15)20-11-7-6-10-19(20)23-21(27)17-13-22-25(14-17)18-8-4-3-5-9-18/h3-14H,1-2H3,(H,23,27). The lowest BCUT2D eigenvalue weighted by atomic mass is 10.2. The number of aromatic nitrogens is 4. The average molecular weight is 357 g/mol. The van der Waals surface area contributed by atoms with Gasteiger partial charge < -0.3 is 5.32 Å². The maximum atomic E-state index is 12.7. The molecule has 134 valence electrons. The maximum absolute atomic E-state index is 12.7. The van der Waals surface area contributed by atoms with E-state index in [1.54, 1.807) is 17.1 Å². The minimum absolute atomic E-state index is 0.217. The van der Waals surface area contributed by atoms with Crippen molar-refractivity contribution in [3.63, 3.8) is 0 Å². The topological polar surface area (TPSA) is 64.7 Å². The summed E-state index contributed by atoms with van der Waals surface area (Å²) >= 11 is 0. The number of carbonyl (C=O) groups excluding carboxylic acids is 1. The normalized spacial score (nSPS) is 10.7. The fraction of sp³-hybridized carbons (Fsp3) is 0.0952. The van der Waals surface area contributed by atoms with E-state index in [-0.39, 0.29) is 5.91 Å². The molecule has 6 heteroatoms. The lowest BCUT2D eigenvalue weighted by Gasteiger charge is -2.12. The smallest absolute Gasteiger partial charge is 0.258 e. The highest BCUT2D eigenvalue weighted by atomic mass is 16.1. The van der Waals surface area contributed by atoms with Crippen molar-refractivity contribution in [2.24, 2.45) is 0 Å². The first-order valence-corrected chi connectivity index (χ1v) is 8.66. The van der Waals surface area contributed by atoms with Gasteiger partial charge in [-0.1, -0.05) is 30.3 Å². The Hall–Kier alpha value is -3.67. The molecule has 2 aromatic carbocycles. The zero-order valence-electron chi connectivity index (χ0n) is 15.1. The summed E-state index contributed by atoms with van der Waals surface area (Å²) in [6.45, 7) is 3.94. The number of hydrogen-bond donors (Lipinski definition) is 1. The second-order valence-corrected chi connectivity index (χ2v) is 6.32. The van der Waals surface area contributed by atoms with Crippen molar-refractivity contribution in [3.05, 3.63) is 90.0 Å². The number of aryl methyl sites for hydroxylation is 2. The van der Waals surface area contributed by atoms with E-state index in [1.807, 2.05) is 79.2 Å². The Labute approximate surface area is 157 Å². The van der Waals surface area contributed by atoms with E-state index in [1.165, 1.54) is 0 Å². The minimum Gasteiger partial charge on any atom is -0.320 e. The molecule has 0 aliphatic rings. The molecule has 6 nitrogen and oxygen atoms in total. The number of para-hydroxylation sites is 3. The van der Waals surface area contributed by atoms with E-state index >= 15 is 0 Å². The molecule has 27 heavy (non-hydrogen) atoms. The Morgan fingerprint density at radius 3 is 2.48 bits per heavy atom. The van der Waals surface area contributed by atoms with Crippen LogP contribution in [0.4, 0.5) is 5.69 Å². The van der Waals surface area contributed by atoms with Gasteiger partial charge in [-0.15, -0.1) is 0 Å². The summed E-state index contributed by atoms with van der Waals surface area (Å²) in [6, 6.07) is 19.3. The molecule has 1 N–H and O–H groups in total. The quantitative estimate of drug-likeness (QED) is 0.602. The van der Waals surface area contributed by atoms with Gasteiger partial charge in [-0.3, -0.25) is 4.79 Å².